The van der Waals surface area contributed by atoms with Crippen LogP contribution in [0.25, 0.3) is 0 Å². The number of carbonyl (C=O) groups excluding carboxylic acids is 1. The number of nitrogens with two attached hydrogens (primary N) is 1. The lowest BCUT2D eigenvalue weighted by Gasteiger charge is -2.40. The molecule has 1 saturated carbocycles. The molecule has 2 fully saturated rings. The van der Waals surface area contributed by atoms with Gasteiger partial charge in [-0.25, -0.2) is 0 Å². The lowest BCUT2D eigenvalue weighted by molar-refractivity contribution is -0.137. The minimum Gasteiger partial charge on any atom is -0.353 e. The van der Waals surface area contributed by atoms with Crippen molar-refractivity contribution in [1.82, 2.24) is 15.1 Å². The summed E-state index contributed by atoms with van der Waals surface area (Å²) in [4.78, 5) is 17.0. The fourth-order valence-corrected chi connectivity index (χ4v) is 3.86. The van der Waals surface area contributed by atoms with Gasteiger partial charge in [-0.1, -0.05) is 6.42 Å². The van der Waals surface area contributed by atoms with Crippen LogP contribution in [0.2, 0.25) is 0 Å². The maximum absolute atomic E-state index is 12.8. The topological polar surface area (TPSA) is 75.3 Å². The van der Waals surface area contributed by atoms with Crippen LogP contribution in [0.4, 0.5) is 5.82 Å². The zero-order valence-corrected chi connectivity index (χ0v) is 16.3. The molecule has 0 bridgehead atoms. The number of anilines is 1. The molecule has 1 aliphatic carbocycles. The van der Waals surface area contributed by atoms with Crippen molar-refractivity contribution in [2.75, 3.05) is 25.0 Å². The second kappa shape index (κ2) is 10.1. The van der Waals surface area contributed by atoms with Gasteiger partial charge in [-0.05, 0) is 44.2 Å². The van der Waals surface area contributed by atoms with Gasteiger partial charge in [-0.15, -0.1) is 29.9 Å². The van der Waals surface area contributed by atoms with Crippen molar-refractivity contribution in [3.05, 3.63) is 18.3 Å². The fraction of sp³-hybridized carbons (Fsp3) is 0.706. The quantitative estimate of drug-likeness (QED) is 0.857. The average Bonchev–Trinajstić information content (AvgIpc) is 2.61. The molecule has 6 nitrogen and oxygen atoms in total. The number of rotatable bonds is 3. The molecular formula is C17H29Cl2N5O. The van der Waals surface area contributed by atoms with Crippen molar-refractivity contribution in [2.24, 2.45) is 11.7 Å². The number of piperidine rings is 1. The molecule has 0 radical (unpaired) electrons. The number of amides is 1. The molecule has 1 amide bonds. The van der Waals surface area contributed by atoms with Crippen LogP contribution in [0.5, 0.6) is 0 Å². The van der Waals surface area contributed by atoms with E-state index in [4.69, 9.17) is 5.73 Å². The van der Waals surface area contributed by atoms with E-state index in [2.05, 4.69) is 15.1 Å². The number of nitrogens with zero attached hydrogens (tertiary/aromatic N) is 4. The number of halogens is 2. The molecule has 2 heterocycles. The molecular weight excluding hydrogens is 361 g/mol. The lowest BCUT2D eigenvalue weighted by Crippen LogP contribution is -2.51. The van der Waals surface area contributed by atoms with E-state index in [1.807, 2.05) is 24.1 Å². The number of carbonyl (C=O) groups is 1. The molecule has 1 aromatic heterocycles. The Labute approximate surface area is 162 Å². The van der Waals surface area contributed by atoms with Gasteiger partial charge in [-0.2, -0.15) is 5.10 Å². The number of hydrogen-bond acceptors (Lipinski definition) is 5. The fourth-order valence-electron chi connectivity index (χ4n) is 3.86. The molecule has 3 unspecified atom stereocenters. The standard InChI is InChI=1S/C17H27N5O.2ClH/c1-21(17(23)13-5-2-6-14(18)11-13)15-7-4-10-22(12-15)16-8-3-9-19-20-16;;/h3,8-9,13-15H,2,4-7,10-12,18H2,1H3;2*1H. The Morgan fingerprint density at radius 2 is 2.08 bits per heavy atom. The summed E-state index contributed by atoms with van der Waals surface area (Å²) in [6.45, 7) is 1.81. The van der Waals surface area contributed by atoms with Gasteiger partial charge in [0.2, 0.25) is 5.91 Å². The van der Waals surface area contributed by atoms with Crippen molar-refractivity contribution in [3.8, 4) is 0 Å². The highest BCUT2D eigenvalue weighted by molar-refractivity contribution is 5.85. The van der Waals surface area contributed by atoms with Crippen LogP contribution in [-0.4, -0.2) is 53.2 Å². The van der Waals surface area contributed by atoms with Crippen molar-refractivity contribution in [3.63, 3.8) is 0 Å². The van der Waals surface area contributed by atoms with Gasteiger partial charge < -0.3 is 15.5 Å². The summed E-state index contributed by atoms with van der Waals surface area (Å²) in [5, 5.41) is 8.16. The average molecular weight is 390 g/mol. The third-order valence-electron chi connectivity index (χ3n) is 5.24. The van der Waals surface area contributed by atoms with Crippen molar-refractivity contribution < 1.29 is 4.79 Å². The molecule has 8 heteroatoms. The minimum atomic E-state index is 0. The van der Waals surface area contributed by atoms with Crippen molar-refractivity contribution in [2.45, 2.75) is 50.6 Å². The van der Waals surface area contributed by atoms with Crippen molar-refractivity contribution >= 4 is 36.5 Å². The van der Waals surface area contributed by atoms with Gasteiger partial charge in [0.15, 0.2) is 5.82 Å². The smallest absolute Gasteiger partial charge is 0.225 e. The highest BCUT2D eigenvalue weighted by Crippen LogP contribution is 2.27. The highest BCUT2D eigenvalue weighted by atomic mass is 35.5. The summed E-state index contributed by atoms with van der Waals surface area (Å²) in [6, 6.07) is 4.33. The van der Waals surface area contributed by atoms with Crippen LogP contribution in [-0.2, 0) is 4.79 Å². The molecule has 2 aliphatic rings. The zero-order valence-electron chi connectivity index (χ0n) is 14.7. The van der Waals surface area contributed by atoms with Crippen LogP contribution in [0.3, 0.4) is 0 Å². The predicted molar refractivity (Wildman–Crippen MR) is 104 cm³/mol. The van der Waals surface area contributed by atoms with E-state index < -0.39 is 0 Å². The van der Waals surface area contributed by atoms with E-state index in [1.54, 1.807) is 6.20 Å². The molecule has 142 valence electrons. The second-order valence-corrected chi connectivity index (χ2v) is 6.90. The Kier molecular flexibility index (Phi) is 8.89. The molecule has 2 N–H and O–H groups in total. The summed E-state index contributed by atoms with van der Waals surface area (Å²) in [7, 11) is 1.95. The first kappa shape index (κ1) is 21.9. The zero-order chi connectivity index (χ0) is 16.2. The van der Waals surface area contributed by atoms with Crippen LogP contribution in [0.15, 0.2) is 18.3 Å². The van der Waals surface area contributed by atoms with Crippen LogP contribution < -0.4 is 10.6 Å². The molecule has 3 rings (SSSR count). The summed E-state index contributed by atoms with van der Waals surface area (Å²) >= 11 is 0. The first-order valence-corrected chi connectivity index (χ1v) is 8.70. The van der Waals surface area contributed by atoms with Crippen molar-refractivity contribution in [1.29, 1.82) is 0 Å². The number of hydrogen-bond donors (Lipinski definition) is 1. The van der Waals surface area contributed by atoms with E-state index in [9.17, 15) is 4.79 Å². The predicted octanol–water partition coefficient (Wildman–Crippen LogP) is 2.26. The Hall–Kier alpha value is -1.11. The number of likely N-dealkylation sites (N-methyl/N-ethyl adjacent to an activating group) is 1. The monoisotopic (exact) mass is 389 g/mol. The molecule has 1 saturated heterocycles. The Morgan fingerprint density at radius 3 is 2.76 bits per heavy atom. The first-order chi connectivity index (χ1) is 11.1. The number of aromatic nitrogens is 2. The SMILES string of the molecule is CN(C(=O)C1CCCC(N)C1)C1CCCN(c2cccnn2)C1.Cl.Cl. The third-order valence-corrected chi connectivity index (χ3v) is 5.24. The van der Waals surface area contributed by atoms with E-state index >= 15 is 0 Å². The highest BCUT2D eigenvalue weighted by Gasteiger charge is 2.32. The van der Waals surface area contributed by atoms with Gasteiger partial charge in [0.1, 0.15) is 0 Å². The maximum Gasteiger partial charge on any atom is 0.225 e. The first-order valence-electron chi connectivity index (χ1n) is 8.70. The van der Waals surface area contributed by atoms with E-state index in [1.165, 1.54) is 0 Å². The molecule has 1 aliphatic heterocycles. The van der Waals surface area contributed by atoms with Crippen LogP contribution in [0, 0.1) is 5.92 Å². The van der Waals surface area contributed by atoms with E-state index in [0.717, 1.165) is 57.4 Å². The molecule has 0 aromatic carbocycles. The van der Waals surface area contributed by atoms with Crippen LogP contribution in [0.1, 0.15) is 38.5 Å². The van der Waals surface area contributed by atoms with Gasteiger partial charge in [0.25, 0.3) is 0 Å². The molecule has 25 heavy (non-hydrogen) atoms. The minimum absolute atomic E-state index is 0. The van der Waals surface area contributed by atoms with Gasteiger partial charge >= 0.3 is 0 Å². The second-order valence-electron chi connectivity index (χ2n) is 6.90. The molecule has 3 atom stereocenters. The largest absolute Gasteiger partial charge is 0.353 e. The Bertz CT molecular complexity index is 533. The van der Waals surface area contributed by atoms with Crippen LogP contribution >= 0.6 is 24.8 Å². The normalized spacial score (nSPS) is 26.2. The van der Waals surface area contributed by atoms with Gasteiger partial charge in [0, 0.05) is 44.3 Å². The third kappa shape index (κ3) is 5.43. The maximum atomic E-state index is 12.8. The Morgan fingerprint density at radius 1 is 1.28 bits per heavy atom. The van der Waals surface area contributed by atoms with Gasteiger partial charge in [0.05, 0.1) is 0 Å². The Balaban J connectivity index is 0.00000156. The van der Waals surface area contributed by atoms with E-state index in [0.29, 0.717) is 0 Å². The molecule has 1 aromatic rings. The summed E-state index contributed by atoms with van der Waals surface area (Å²) in [5.41, 5.74) is 6.05. The molecule has 0 spiro atoms. The summed E-state index contributed by atoms with van der Waals surface area (Å²) < 4.78 is 0. The summed E-state index contributed by atoms with van der Waals surface area (Å²) in [5.74, 6) is 1.28. The van der Waals surface area contributed by atoms with Gasteiger partial charge in [-0.3, -0.25) is 4.79 Å². The summed E-state index contributed by atoms with van der Waals surface area (Å²) in [6.07, 6.45) is 7.76. The lowest BCUT2D eigenvalue weighted by atomic mass is 9.85. The van der Waals surface area contributed by atoms with E-state index in [-0.39, 0.29) is 48.7 Å².